The maximum Gasteiger partial charge on any atom is 0.335 e. The van der Waals surface area contributed by atoms with Gasteiger partial charge in [-0.25, -0.2) is 4.79 Å². The third kappa shape index (κ3) is 5.21. The molecule has 3 rings (SSSR count). The van der Waals surface area contributed by atoms with Crippen LogP contribution in [0.5, 0.6) is 11.5 Å². The van der Waals surface area contributed by atoms with E-state index in [9.17, 15) is 24.6 Å². The van der Waals surface area contributed by atoms with Gasteiger partial charge in [0.1, 0.15) is 17.2 Å². The molecule has 0 aliphatic heterocycles. The van der Waals surface area contributed by atoms with Crippen molar-refractivity contribution in [3.63, 3.8) is 0 Å². The number of aromatic hydroxyl groups is 1. The van der Waals surface area contributed by atoms with E-state index in [2.05, 4.69) is 15.6 Å². The van der Waals surface area contributed by atoms with Crippen LogP contribution in [0, 0.1) is 0 Å². The highest BCUT2D eigenvalue weighted by Gasteiger charge is 2.17. The molecule has 0 saturated heterocycles. The molecular weight excluding hydrogens is 402 g/mol. The minimum atomic E-state index is -1.12. The maximum atomic E-state index is 12.7. The number of phenolic OH excluding ortho intramolecular Hbond substituents is 1. The highest BCUT2D eigenvalue weighted by atomic mass is 16.5. The Balaban J connectivity index is 1.78. The summed E-state index contributed by atoms with van der Waals surface area (Å²) in [5.74, 6) is -2.29. The topological polar surface area (TPSA) is 141 Å². The normalized spacial score (nSPS) is 10.5. The summed E-state index contributed by atoms with van der Waals surface area (Å²) >= 11 is 0. The molecule has 160 valence electrons. The van der Waals surface area contributed by atoms with Gasteiger partial charge < -0.3 is 30.6 Å². The Labute approximate surface area is 177 Å². The van der Waals surface area contributed by atoms with E-state index in [1.54, 1.807) is 32.2 Å². The van der Waals surface area contributed by atoms with Gasteiger partial charge in [-0.15, -0.1) is 0 Å². The lowest BCUT2D eigenvalue weighted by Gasteiger charge is -2.16. The van der Waals surface area contributed by atoms with Crippen LogP contribution in [0.1, 0.15) is 45.1 Å². The summed E-state index contributed by atoms with van der Waals surface area (Å²) in [5, 5.41) is 24.7. The van der Waals surface area contributed by atoms with Crippen molar-refractivity contribution in [2.24, 2.45) is 0 Å². The largest absolute Gasteiger partial charge is 0.507 e. The van der Waals surface area contributed by atoms with Gasteiger partial charge in [-0.2, -0.15) is 0 Å². The van der Waals surface area contributed by atoms with Crippen molar-refractivity contribution in [2.75, 3.05) is 10.6 Å². The lowest BCUT2D eigenvalue weighted by molar-refractivity contribution is 0.0695. The van der Waals surface area contributed by atoms with Crippen LogP contribution < -0.4 is 15.4 Å². The summed E-state index contributed by atoms with van der Waals surface area (Å²) in [6.45, 7) is 3.54. The molecule has 0 atom stereocenters. The molecule has 1 heterocycles. The van der Waals surface area contributed by atoms with Crippen LogP contribution in [-0.4, -0.2) is 39.1 Å². The van der Waals surface area contributed by atoms with E-state index >= 15 is 0 Å². The van der Waals surface area contributed by atoms with E-state index in [0.29, 0.717) is 11.4 Å². The predicted octanol–water partition coefficient (Wildman–Crippen LogP) is 3.71. The van der Waals surface area contributed by atoms with E-state index in [4.69, 9.17) is 4.74 Å². The standard InChI is InChI=1S/C22H21N3O6/c1-12(2)31-19-10-13(22(29)30)5-8-16(19)25-20(27)15-7-6-14(11-18(15)26)24-21(28)17-4-3-9-23-17/h3-12,23,26H,1-2H3,(H,24,28)(H,25,27)(H,29,30). The van der Waals surface area contributed by atoms with Gasteiger partial charge >= 0.3 is 5.97 Å². The molecule has 0 unspecified atom stereocenters. The van der Waals surface area contributed by atoms with Crippen LogP contribution in [0.4, 0.5) is 11.4 Å². The van der Waals surface area contributed by atoms with Gasteiger partial charge in [-0.3, -0.25) is 9.59 Å². The van der Waals surface area contributed by atoms with Gasteiger partial charge in [0.25, 0.3) is 11.8 Å². The van der Waals surface area contributed by atoms with E-state index in [1.807, 2.05) is 0 Å². The monoisotopic (exact) mass is 423 g/mol. The molecule has 0 fully saturated rings. The van der Waals surface area contributed by atoms with Gasteiger partial charge in [0, 0.05) is 18.0 Å². The zero-order chi connectivity index (χ0) is 22.5. The quantitative estimate of drug-likeness (QED) is 0.392. The number of rotatable bonds is 7. The Morgan fingerprint density at radius 2 is 1.77 bits per heavy atom. The van der Waals surface area contributed by atoms with Crippen LogP contribution in [0.2, 0.25) is 0 Å². The number of benzene rings is 2. The smallest absolute Gasteiger partial charge is 0.335 e. The van der Waals surface area contributed by atoms with E-state index < -0.39 is 17.8 Å². The number of hydrogen-bond donors (Lipinski definition) is 5. The number of aromatic carboxylic acids is 1. The van der Waals surface area contributed by atoms with Crippen molar-refractivity contribution in [1.82, 2.24) is 4.98 Å². The summed E-state index contributed by atoms with van der Waals surface area (Å²) in [7, 11) is 0. The molecular formula is C22H21N3O6. The SMILES string of the molecule is CC(C)Oc1cc(C(=O)O)ccc1NC(=O)c1ccc(NC(=O)c2ccc[nH]2)cc1O. The van der Waals surface area contributed by atoms with Crippen molar-refractivity contribution < 1.29 is 29.3 Å². The number of carboxylic acids is 1. The highest BCUT2D eigenvalue weighted by molar-refractivity contribution is 6.08. The Hall–Kier alpha value is -4.27. The summed E-state index contributed by atoms with van der Waals surface area (Å²) in [5.41, 5.74) is 0.897. The number of carbonyl (C=O) groups excluding carboxylic acids is 2. The number of H-pyrrole nitrogens is 1. The van der Waals surface area contributed by atoms with Gasteiger partial charge in [0.05, 0.1) is 22.9 Å². The number of aromatic nitrogens is 1. The van der Waals surface area contributed by atoms with Crippen LogP contribution in [0.25, 0.3) is 0 Å². The van der Waals surface area contributed by atoms with Gasteiger partial charge in [0.2, 0.25) is 0 Å². The van der Waals surface area contributed by atoms with Gasteiger partial charge in [-0.1, -0.05) is 0 Å². The summed E-state index contributed by atoms with van der Waals surface area (Å²) in [6.07, 6.45) is 1.36. The van der Waals surface area contributed by atoms with Crippen molar-refractivity contribution in [1.29, 1.82) is 0 Å². The summed E-state index contributed by atoms with van der Waals surface area (Å²) < 4.78 is 5.61. The Morgan fingerprint density at radius 1 is 1.00 bits per heavy atom. The third-order valence-corrected chi connectivity index (χ3v) is 4.18. The van der Waals surface area contributed by atoms with Gasteiger partial charge in [-0.05, 0) is 56.3 Å². The Bertz CT molecular complexity index is 1120. The molecule has 0 spiro atoms. The molecule has 0 bridgehead atoms. The molecule has 9 heteroatoms. The Kier molecular flexibility index (Phi) is 6.25. The molecule has 2 aromatic carbocycles. The summed E-state index contributed by atoms with van der Waals surface area (Å²) in [6, 6.07) is 11.5. The first-order valence-electron chi connectivity index (χ1n) is 9.37. The predicted molar refractivity (Wildman–Crippen MR) is 114 cm³/mol. The molecule has 0 radical (unpaired) electrons. The van der Waals surface area contributed by atoms with Crippen LogP contribution in [0.15, 0.2) is 54.7 Å². The number of carboxylic acid groups (broad SMARTS) is 1. The first kappa shape index (κ1) is 21.4. The van der Waals surface area contributed by atoms with E-state index in [-0.39, 0.29) is 34.4 Å². The zero-order valence-corrected chi connectivity index (χ0v) is 16.8. The second-order valence-electron chi connectivity index (χ2n) is 6.91. The number of carbonyl (C=O) groups is 3. The van der Waals surface area contributed by atoms with Crippen molar-refractivity contribution >= 4 is 29.2 Å². The lowest BCUT2D eigenvalue weighted by atomic mass is 10.1. The maximum absolute atomic E-state index is 12.7. The van der Waals surface area contributed by atoms with Crippen LogP contribution in [0.3, 0.4) is 0 Å². The van der Waals surface area contributed by atoms with E-state index in [1.165, 1.54) is 36.4 Å². The van der Waals surface area contributed by atoms with Crippen molar-refractivity contribution in [2.45, 2.75) is 20.0 Å². The van der Waals surface area contributed by atoms with Crippen LogP contribution >= 0.6 is 0 Å². The first-order valence-corrected chi connectivity index (χ1v) is 9.37. The van der Waals surface area contributed by atoms with Crippen LogP contribution in [-0.2, 0) is 0 Å². The number of hydrogen-bond acceptors (Lipinski definition) is 5. The number of amides is 2. The minimum absolute atomic E-state index is 0.0126. The molecule has 0 aliphatic rings. The van der Waals surface area contributed by atoms with Crippen molar-refractivity contribution in [3.8, 4) is 11.5 Å². The number of anilines is 2. The molecule has 1 aromatic heterocycles. The number of aromatic amines is 1. The van der Waals surface area contributed by atoms with Crippen molar-refractivity contribution in [3.05, 3.63) is 71.5 Å². The molecule has 0 saturated carbocycles. The minimum Gasteiger partial charge on any atom is -0.507 e. The molecule has 2 amide bonds. The summed E-state index contributed by atoms with van der Waals surface area (Å²) in [4.78, 5) is 38.8. The van der Waals surface area contributed by atoms with Gasteiger partial charge in [0.15, 0.2) is 0 Å². The lowest BCUT2D eigenvalue weighted by Crippen LogP contribution is -2.16. The number of ether oxygens (including phenoxy) is 1. The molecule has 9 nitrogen and oxygen atoms in total. The average molecular weight is 423 g/mol. The van der Waals surface area contributed by atoms with E-state index in [0.717, 1.165) is 0 Å². The fourth-order valence-electron chi connectivity index (χ4n) is 2.77. The first-order chi connectivity index (χ1) is 14.7. The fraction of sp³-hybridized carbons (Fsp3) is 0.136. The molecule has 0 aliphatic carbocycles. The fourth-order valence-corrected chi connectivity index (χ4v) is 2.77. The number of nitrogens with one attached hydrogen (secondary N) is 3. The molecule has 5 N–H and O–H groups in total. The average Bonchev–Trinajstić information content (AvgIpc) is 3.23. The molecule has 31 heavy (non-hydrogen) atoms. The second kappa shape index (κ2) is 9.04. The molecule has 3 aromatic rings. The third-order valence-electron chi connectivity index (χ3n) is 4.18. The number of phenols is 1. The second-order valence-corrected chi connectivity index (χ2v) is 6.91. The zero-order valence-electron chi connectivity index (χ0n) is 16.8. The Morgan fingerprint density at radius 3 is 2.39 bits per heavy atom. The highest BCUT2D eigenvalue weighted by Crippen LogP contribution is 2.29.